The molecule has 0 saturated carbocycles. The minimum absolute atomic E-state index is 0.592. The van der Waals surface area contributed by atoms with Gasteiger partial charge in [-0.25, -0.2) is 4.98 Å². The van der Waals surface area contributed by atoms with Gasteiger partial charge in [-0.2, -0.15) is 0 Å². The van der Waals surface area contributed by atoms with Crippen LogP contribution in [0.3, 0.4) is 0 Å². The minimum Gasteiger partial charge on any atom is -0.379 e. The predicted octanol–water partition coefficient (Wildman–Crippen LogP) is 1.15. The van der Waals surface area contributed by atoms with E-state index in [1.165, 1.54) is 0 Å². The van der Waals surface area contributed by atoms with Crippen molar-refractivity contribution in [1.29, 1.82) is 0 Å². The van der Waals surface area contributed by atoms with Crippen LogP contribution in [0.25, 0.3) is 0 Å². The van der Waals surface area contributed by atoms with E-state index in [0.29, 0.717) is 13.2 Å². The molecule has 0 atom stereocenters. The fourth-order valence-corrected chi connectivity index (χ4v) is 1.54. The number of pyridine rings is 1. The largest absolute Gasteiger partial charge is 0.379 e. The first-order chi connectivity index (χ1) is 6.43. The SMILES string of the molecule is NCCOCCSc1ccccn1. The topological polar surface area (TPSA) is 48.1 Å². The maximum atomic E-state index is 5.28. The van der Waals surface area contributed by atoms with Crippen molar-refractivity contribution in [3.8, 4) is 0 Å². The van der Waals surface area contributed by atoms with Gasteiger partial charge in [-0.15, -0.1) is 11.8 Å². The third-order valence-electron chi connectivity index (χ3n) is 1.38. The molecule has 1 aromatic heterocycles. The Morgan fingerprint density at radius 3 is 3.00 bits per heavy atom. The molecule has 0 amide bonds. The van der Waals surface area contributed by atoms with Crippen LogP contribution in [0.4, 0.5) is 0 Å². The Kier molecular flexibility index (Phi) is 5.56. The van der Waals surface area contributed by atoms with Crippen molar-refractivity contribution in [2.75, 3.05) is 25.5 Å². The van der Waals surface area contributed by atoms with E-state index < -0.39 is 0 Å². The molecule has 0 aliphatic heterocycles. The number of hydrogen-bond acceptors (Lipinski definition) is 4. The zero-order chi connectivity index (χ0) is 9.36. The first kappa shape index (κ1) is 10.5. The van der Waals surface area contributed by atoms with Gasteiger partial charge in [-0.05, 0) is 12.1 Å². The Balaban J connectivity index is 2.07. The maximum absolute atomic E-state index is 5.28. The molecule has 1 heterocycles. The summed E-state index contributed by atoms with van der Waals surface area (Å²) in [5, 5.41) is 1.04. The lowest BCUT2D eigenvalue weighted by Crippen LogP contribution is -2.09. The molecule has 2 N–H and O–H groups in total. The fraction of sp³-hybridized carbons (Fsp3) is 0.444. The first-order valence-corrected chi connectivity index (χ1v) is 5.23. The molecule has 0 fully saturated rings. The van der Waals surface area contributed by atoms with Crippen molar-refractivity contribution in [3.05, 3.63) is 24.4 Å². The van der Waals surface area contributed by atoms with E-state index in [4.69, 9.17) is 10.5 Å². The quantitative estimate of drug-likeness (QED) is 0.550. The van der Waals surface area contributed by atoms with Gasteiger partial charge in [0.15, 0.2) is 0 Å². The Labute approximate surface area is 82.7 Å². The number of ether oxygens (including phenoxy) is 1. The molecular formula is C9H14N2OS. The Morgan fingerprint density at radius 1 is 1.38 bits per heavy atom. The van der Waals surface area contributed by atoms with E-state index in [9.17, 15) is 0 Å². The summed E-state index contributed by atoms with van der Waals surface area (Å²) in [5.41, 5.74) is 5.28. The average Bonchev–Trinajstić information content (AvgIpc) is 2.19. The second-order valence-electron chi connectivity index (χ2n) is 2.42. The van der Waals surface area contributed by atoms with Crippen LogP contribution in [0, 0.1) is 0 Å². The molecule has 0 unspecified atom stereocenters. The molecule has 0 saturated heterocycles. The maximum Gasteiger partial charge on any atom is 0.0960 e. The molecular weight excluding hydrogens is 184 g/mol. The predicted molar refractivity (Wildman–Crippen MR) is 54.8 cm³/mol. The number of nitrogens with two attached hydrogens (primary N) is 1. The van der Waals surface area contributed by atoms with Gasteiger partial charge >= 0.3 is 0 Å². The van der Waals surface area contributed by atoms with Crippen LogP contribution in [-0.4, -0.2) is 30.5 Å². The van der Waals surface area contributed by atoms with Crippen molar-refractivity contribution >= 4 is 11.8 Å². The highest BCUT2D eigenvalue weighted by atomic mass is 32.2. The lowest BCUT2D eigenvalue weighted by Gasteiger charge is -2.01. The fourth-order valence-electron chi connectivity index (χ4n) is 0.823. The Bertz CT molecular complexity index is 218. The summed E-state index contributed by atoms with van der Waals surface area (Å²) in [6.07, 6.45) is 1.79. The van der Waals surface area contributed by atoms with Crippen LogP contribution in [0.2, 0.25) is 0 Å². The molecule has 4 heteroatoms. The van der Waals surface area contributed by atoms with Gasteiger partial charge in [0.1, 0.15) is 0 Å². The highest BCUT2D eigenvalue weighted by Gasteiger charge is 1.93. The lowest BCUT2D eigenvalue weighted by molar-refractivity contribution is 0.158. The molecule has 1 rings (SSSR count). The van der Waals surface area contributed by atoms with E-state index in [-0.39, 0.29) is 0 Å². The van der Waals surface area contributed by atoms with Crippen LogP contribution in [0.1, 0.15) is 0 Å². The first-order valence-electron chi connectivity index (χ1n) is 4.25. The van der Waals surface area contributed by atoms with Gasteiger partial charge in [0.25, 0.3) is 0 Å². The van der Waals surface area contributed by atoms with E-state index in [1.54, 1.807) is 18.0 Å². The second-order valence-corrected chi connectivity index (χ2v) is 3.53. The van der Waals surface area contributed by atoms with Crippen molar-refractivity contribution in [3.63, 3.8) is 0 Å². The molecule has 0 aliphatic carbocycles. The summed E-state index contributed by atoms with van der Waals surface area (Å²) in [7, 11) is 0. The smallest absolute Gasteiger partial charge is 0.0960 e. The average molecular weight is 198 g/mol. The van der Waals surface area contributed by atoms with Gasteiger partial charge in [0.2, 0.25) is 0 Å². The summed E-state index contributed by atoms with van der Waals surface area (Å²) in [5.74, 6) is 0.928. The van der Waals surface area contributed by atoms with Gasteiger partial charge in [0, 0.05) is 18.5 Å². The van der Waals surface area contributed by atoms with Crippen molar-refractivity contribution in [2.45, 2.75) is 5.03 Å². The number of hydrogen-bond donors (Lipinski definition) is 1. The molecule has 72 valence electrons. The molecule has 0 bridgehead atoms. The Morgan fingerprint density at radius 2 is 2.31 bits per heavy atom. The number of nitrogens with zero attached hydrogens (tertiary/aromatic N) is 1. The normalized spacial score (nSPS) is 10.2. The van der Waals surface area contributed by atoms with Gasteiger partial charge in [-0.1, -0.05) is 6.07 Å². The molecule has 13 heavy (non-hydrogen) atoms. The minimum atomic E-state index is 0.592. The molecule has 0 aromatic carbocycles. The molecule has 0 aliphatic rings. The number of rotatable bonds is 6. The standard InChI is InChI=1S/C9H14N2OS/c10-4-6-12-7-8-13-9-3-1-2-5-11-9/h1-3,5H,4,6-8,10H2. The molecule has 1 aromatic rings. The van der Waals surface area contributed by atoms with Crippen molar-refractivity contribution < 1.29 is 4.74 Å². The monoisotopic (exact) mass is 198 g/mol. The van der Waals surface area contributed by atoms with Crippen LogP contribution in [0.5, 0.6) is 0 Å². The van der Waals surface area contributed by atoms with Crippen LogP contribution >= 0.6 is 11.8 Å². The van der Waals surface area contributed by atoms with Gasteiger partial charge < -0.3 is 10.5 Å². The second kappa shape index (κ2) is 6.88. The summed E-state index contributed by atoms with van der Waals surface area (Å²) >= 11 is 1.69. The van der Waals surface area contributed by atoms with E-state index in [1.807, 2.05) is 18.2 Å². The molecule has 3 nitrogen and oxygen atoms in total. The van der Waals surface area contributed by atoms with E-state index in [2.05, 4.69) is 4.98 Å². The van der Waals surface area contributed by atoms with Crippen molar-refractivity contribution in [1.82, 2.24) is 4.98 Å². The van der Waals surface area contributed by atoms with E-state index >= 15 is 0 Å². The summed E-state index contributed by atoms with van der Waals surface area (Å²) < 4.78 is 5.23. The van der Waals surface area contributed by atoms with Crippen LogP contribution in [0.15, 0.2) is 29.4 Å². The third-order valence-corrected chi connectivity index (χ3v) is 2.29. The van der Waals surface area contributed by atoms with Gasteiger partial charge in [-0.3, -0.25) is 0 Å². The van der Waals surface area contributed by atoms with Crippen LogP contribution < -0.4 is 5.73 Å². The summed E-state index contributed by atoms with van der Waals surface area (Å²) in [6.45, 7) is 1.97. The third kappa shape index (κ3) is 4.87. The Hall–Kier alpha value is -0.580. The zero-order valence-electron chi connectivity index (χ0n) is 7.48. The highest BCUT2D eigenvalue weighted by Crippen LogP contribution is 2.12. The lowest BCUT2D eigenvalue weighted by atomic mass is 10.5. The summed E-state index contributed by atoms with van der Waals surface area (Å²) in [4.78, 5) is 4.18. The highest BCUT2D eigenvalue weighted by molar-refractivity contribution is 7.99. The molecule has 0 radical (unpaired) electrons. The van der Waals surface area contributed by atoms with Crippen molar-refractivity contribution in [2.24, 2.45) is 5.73 Å². The van der Waals surface area contributed by atoms with Crippen LogP contribution in [-0.2, 0) is 4.74 Å². The summed E-state index contributed by atoms with van der Waals surface area (Å²) in [6, 6.07) is 5.89. The number of aromatic nitrogens is 1. The van der Waals surface area contributed by atoms with Gasteiger partial charge in [0.05, 0.1) is 18.2 Å². The van der Waals surface area contributed by atoms with E-state index in [0.717, 1.165) is 17.4 Å². The number of thioether (sulfide) groups is 1. The zero-order valence-corrected chi connectivity index (χ0v) is 8.30. The molecule has 0 spiro atoms.